The fourth-order valence-electron chi connectivity index (χ4n) is 2.67. The standard InChI is InChI=1S/C12H16O2S/c1-3-11(8-13-5-1)7-12(15-10-11)4-2-6-14-9-12/h1-4H,5-10H2/t11-,12-/m1/s1. The van der Waals surface area contributed by atoms with Gasteiger partial charge in [0.1, 0.15) is 0 Å². The number of rotatable bonds is 0. The van der Waals surface area contributed by atoms with Crippen LogP contribution in [0.15, 0.2) is 24.3 Å². The van der Waals surface area contributed by atoms with Crippen LogP contribution in [0.2, 0.25) is 0 Å². The van der Waals surface area contributed by atoms with Crippen molar-refractivity contribution in [2.24, 2.45) is 5.41 Å². The monoisotopic (exact) mass is 224 g/mol. The summed E-state index contributed by atoms with van der Waals surface area (Å²) in [6.07, 6.45) is 10.2. The van der Waals surface area contributed by atoms with Gasteiger partial charge in [-0.15, -0.1) is 11.8 Å². The van der Waals surface area contributed by atoms with Crippen molar-refractivity contribution in [1.29, 1.82) is 0 Å². The maximum atomic E-state index is 5.58. The van der Waals surface area contributed by atoms with Crippen molar-refractivity contribution in [2.75, 3.05) is 32.2 Å². The summed E-state index contributed by atoms with van der Waals surface area (Å²) in [6, 6.07) is 0. The Kier molecular flexibility index (Phi) is 2.42. The van der Waals surface area contributed by atoms with Gasteiger partial charge in [-0.3, -0.25) is 0 Å². The summed E-state index contributed by atoms with van der Waals surface area (Å²) < 4.78 is 11.4. The molecule has 0 aliphatic carbocycles. The molecule has 3 rings (SSSR count). The molecule has 0 N–H and O–H groups in total. The molecule has 0 amide bonds. The summed E-state index contributed by atoms with van der Waals surface area (Å²) in [5.41, 5.74) is 0.272. The van der Waals surface area contributed by atoms with E-state index in [-0.39, 0.29) is 10.2 Å². The molecule has 0 aromatic heterocycles. The lowest BCUT2D eigenvalue weighted by Gasteiger charge is -2.32. The van der Waals surface area contributed by atoms with Gasteiger partial charge in [-0.2, -0.15) is 0 Å². The second-order valence-corrected chi connectivity index (χ2v) is 6.12. The molecule has 0 bridgehead atoms. The highest BCUT2D eigenvalue weighted by atomic mass is 32.2. The van der Waals surface area contributed by atoms with Crippen molar-refractivity contribution in [3.05, 3.63) is 24.3 Å². The zero-order valence-corrected chi connectivity index (χ0v) is 9.59. The summed E-state index contributed by atoms with van der Waals surface area (Å²) >= 11 is 2.03. The summed E-state index contributed by atoms with van der Waals surface area (Å²) in [6.45, 7) is 3.31. The van der Waals surface area contributed by atoms with E-state index in [4.69, 9.17) is 9.47 Å². The molecule has 1 saturated heterocycles. The van der Waals surface area contributed by atoms with Crippen molar-refractivity contribution in [2.45, 2.75) is 11.2 Å². The first-order valence-electron chi connectivity index (χ1n) is 5.48. The molecule has 2 spiro atoms. The number of thioether (sulfide) groups is 1. The number of hydrogen-bond donors (Lipinski definition) is 0. The lowest BCUT2D eigenvalue weighted by Crippen LogP contribution is -2.34. The minimum Gasteiger partial charge on any atom is -0.376 e. The van der Waals surface area contributed by atoms with Crippen molar-refractivity contribution in [3.63, 3.8) is 0 Å². The van der Waals surface area contributed by atoms with E-state index in [0.29, 0.717) is 0 Å². The Labute approximate surface area is 94.7 Å². The molecule has 82 valence electrons. The minimum absolute atomic E-state index is 0.225. The lowest BCUT2D eigenvalue weighted by atomic mass is 9.80. The first kappa shape index (κ1) is 9.94. The molecule has 3 heterocycles. The Bertz CT molecular complexity index is 283. The Hall–Kier alpha value is -0.250. The van der Waals surface area contributed by atoms with E-state index in [1.807, 2.05) is 11.8 Å². The third-order valence-corrected chi connectivity index (χ3v) is 5.05. The average molecular weight is 224 g/mol. The molecule has 2 nitrogen and oxygen atoms in total. The van der Waals surface area contributed by atoms with Gasteiger partial charge in [0, 0.05) is 11.2 Å². The molecule has 0 radical (unpaired) electrons. The van der Waals surface area contributed by atoms with Crippen LogP contribution >= 0.6 is 11.8 Å². The molecule has 2 atom stereocenters. The van der Waals surface area contributed by atoms with Crippen LogP contribution in [0.3, 0.4) is 0 Å². The summed E-state index contributed by atoms with van der Waals surface area (Å²) in [7, 11) is 0. The minimum atomic E-state index is 0.225. The van der Waals surface area contributed by atoms with E-state index < -0.39 is 0 Å². The van der Waals surface area contributed by atoms with Gasteiger partial charge in [0.25, 0.3) is 0 Å². The van der Waals surface area contributed by atoms with Crippen molar-refractivity contribution in [3.8, 4) is 0 Å². The Morgan fingerprint density at radius 1 is 1.00 bits per heavy atom. The predicted octanol–water partition coefficient (Wildman–Crippen LogP) is 2.02. The molecule has 0 unspecified atom stereocenters. The van der Waals surface area contributed by atoms with Crippen LogP contribution in [0.25, 0.3) is 0 Å². The van der Waals surface area contributed by atoms with Crippen molar-refractivity contribution < 1.29 is 9.47 Å². The Morgan fingerprint density at radius 2 is 1.80 bits per heavy atom. The van der Waals surface area contributed by atoms with Crippen LogP contribution in [0.5, 0.6) is 0 Å². The zero-order valence-electron chi connectivity index (χ0n) is 8.78. The summed E-state index contributed by atoms with van der Waals surface area (Å²) in [5.74, 6) is 1.16. The predicted molar refractivity (Wildman–Crippen MR) is 62.2 cm³/mol. The molecular formula is C12H16O2S. The molecule has 0 saturated carbocycles. The molecule has 0 aromatic carbocycles. The second kappa shape index (κ2) is 3.65. The first-order chi connectivity index (χ1) is 7.33. The third kappa shape index (κ3) is 1.77. The van der Waals surface area contributed by atoms with E-state index in [1.54, 1.807) is 0 Å². The van der Waals surface area contributed by atoms with Crippen LogP contribution in [0.1, 0.15) is 6.42 Å². The van der Waals surface area contributed by atoms with Crippen LogP contribution in [0.4, 0.5) is 0 Å². The Morgan fingerprint density at radius 3 is 2.47 bits per heavy atom. The third-order valence-electron chi connectivity index (χ3n) is 3.36. The van der Waals surface area contributed by atoms with Gasteiger partial charge in [0.05, 0.1) is 31.2 Å². The zero-order chi connectivity index (χ0) is 10.2. The van der Waals surface area contributed by atoms with Crippen LogP contribution in [0, 0.1) is 5.41 Å². The largest absolute Gasteiger partial charge is 0.376 e. The molecule has 0 aromatic rings. The van der Waals surface area contributed by atoms with E-state index in [0.717, 1.165) is 38.6 Å². The number of hydrogen-bond acceptors (Lipinski definition) is 3. The van der Waals surface area contributed by atoms with Gasteiger partial charge in [-0.25, -0.2) is 0 Å². The van der Waals surface area contributed by atoms with Gasteiger partial charge < -0.3 is 9.47 Å². The van der Waals surface area contributed by atoms with Crippen molar-refractivity contribution in [1.82, 2.24) is 0 Å². The molecule has 1 fully saturated rings. The highest BCUT2D eigenvalue weighted by Gasteiger charge is 2.47. The van der Waals surface area contributed by atoms with E-state index in [9.17, 15) is 0 Å². The van der Waals surface area contributed by atoms with Gasteiger partial charge in [0.15, 0.2) is 0 Å². The topological polar surface area (TPSA) is 18.5 Å². The summed E-state index contributed by atoms with van der Waals surface area (Å²) in [5, 5.41) is 0. The van der Waals surface area contributed by atoms with E-state index >= 15 is 0 Å². The molecular weight excluding hydrogens is 208 g/mol. The van der Waals surface area contributed by atoms with Gasteiger partial charge >= 0.3 is 0 Å². The van der Waals surface area contributed by atoms with E-state index in [1.165, 1.54) is 0 Å². The summed E-state index contributed by atoms with van der Waals surface area (Å²) in [4.78, 5) is 0. The second-order valence-electron chi connectivity index (χ2n) is 4.73. The van der Waals surface area contributed by atoms with Crippen molar-refractivity contribution >= 4 is 11.8 Å². The maximum Gasteiger partial charge on any atom is 0.0653 e. The number of ether oxygens (including phenoxy) is 2. The SMILES string of the molecule is C1=C[C@@]2(COC1)CS[C@]1(C=CCOC1)C2. The highest BCUT2D eigenvalue weighted by molar-refractivity contribution is 8.01. The quantitative estimate of drug-likeness (QED) is 0.587. The van der Waals surface area contributed by atoms with Crippen LogP contribution in [-0.4, -0.2) is 36.9 Å². The first-order valence-corrected chi connectivity index (χ1v) is 6.46. The normalized spacial score (nSPS) is 44.3. The van der Waals surface area contributed by atoms with Gasteiger partial charge in [-0.1, -0.05) is 24.3 Å². The van der Waals surface area contributed by atoms with Crippen LogP contribution in [-0.2, 0) is 9.47 Å². The maximum absolute atomic E-state index is 5.58. The molecule has 15 heavy (non-hydrogen) atoms. The Balaban J connectivity index is 1.82. The molecule has 3 aliphatic rings. The molecule has 3 heteroatoms. The fraction of sp³-hybridized carbons (Fsp3) is 0.667. The smallest absolute Gasteiger partial charge is 0.0653 e. The molecule has 3 aliphatic heterocycles. The fourth-order valence-corrected chi connectivity index (χ4v) is 4.28. The lowest BCUT2D eigenvalue weighted by molar-refractivity contribution is 0.0691. The van der Waals surface area contributed by atoms with Crippen LogP contribution < -0.4 is 0 Å². The van der Waals surface area contributed by atoms with Gasteiger partial charge in [-0.05, 0) is 6.42 Å². The van der Waals surface area contributed by atoms with E-state index in [2.05, 4.69) is 24.3 Å². The van der Waals surface area contributed by atoms with Gasteiger partial charge in [0.2, 0.25) is 0 Å². The average Bonchev–Trinajstić information content (AvgIpc) is 2.60. The highest BCUT2D eigenvalue weighted by Crippen LogP contribution is 2.52.